The highest BCUT2D eigenvalue weighted by Gasteiger charge is 2.29. The number of nitrogens with zero attached hydrogens (tertiary/aromatic N) is 2. The molecule has 2 atom stereocenters. The quantitative estimate of drug-likeness (QED) is 0.805. The largest absolute Gasteiger partial charge is 0.350 e. The number of benzene rings is 1. The Morgan fingerprint density at radius 3 is 2.61 bits per heavy atom. The molecule has 2 heterocycles. The number of piperidine rings is 1. The van der Waals surface area contributed by atoms with Crippen LogP contribution < -0.4 is 0 Å². The second kappa shape index (κ2) is 8.25. The Balaban J connectivity index is 1.44. The minimum absolute atomic E-state index is 0.0194. The van der Waals surface area contributed by atoms with E-state index in [2.05, 4.69) is 54.1 Å². The van der Waals surface area contributed by atoms with Gasteiger partial charge < -0.3 is 14.4 Å². The summed E-state index contributed by atoms with van der Waals surface area (Å²) in [6.45, 7) is 8.39. The average molecular weight is 318 g/mol. The summed E-state index contributed by atoms with van der Waals surface area (Å²) in [4.78, 5) is 5.10. The van der Waals surface area contributed by atoms with Crippen LogP contribution in [-0.2, 0) is 16.0 Å². The van der Waals surface area contributed by atoms with Crippen molar-refractivity contribution in [1.82, 2.24) is 9.80 Å². The molecule has 0 N–H and O–H groups in total. The molecule has 0 radical (unpaired) electrons. The number of ether oxygens (including phenoxy) is 2. The maximum absolute atomic E-state index is 5.54. The molecule has 0 bridgehead atoms. The Bertz CT molecular complexity index is 462. The van der Waals surface area contributed by atoms with E-state index in [9.17, 15) is 0 Å². The van der Waals surface area contributed by atoms with Crippen molar-refractivity contribution in [1.29, 1.82) is 0 Å². The van der Waals surface area contributed by atoms with Crippen molar-refractivity contribution in [2.75, 3.05) is 39.9 Å². The smallest absolute Gasteiger partial charge is 0.159 e. The summed E-state index contributed by atoms with van der Waals surface area (Å²) in [5.41, 5.74) is 1.42. The van der Waals surface area contributed by atoms with Gasteiger partial charge in [0.15, 0.2) is 6.29 Å². The van der Waals surface area contributed by atoms with E-state index in [1.54, 1.807) is 0 Å². The van der Waals surface area contributed by atoms with E-state index in [1.165, 1.54) is 25.1 Å². The summed E-state index contributed by atoms with van der Waals surface area (Å²) >= 11 is 0. The van der Waals surface area contributed by atoms with Gasteiger partial charge >= 0.3 is 0 Å². The van der Waals surface area contributed by atoms with Crippen molar-refractivity contribution in [2.24, 2.45) is 5.92 Å². The predicted molar refractivity (Wildman–Crippen MR) is 92.2 cm³/mol. The van der Waals surface area contributed by atoms with Crippen molar-refractivity contribution < 1.29 is 9.47 Å². The zero-order chi connectivity index (χ0) is 16.1. The predicted octanol–water partition coefficient (Wildman–Crippen LogP) is 2.59. The van der Waals surface area contributed by atoms with Crippen LogP contribution in [0.5, 0.6) is 0 Å². The fourth-order valence-corrected chi connectivity index (χ4v) is 3.91. The Morgan fingerprint density at radius 1 is 1.17 bits per heavy atom. The lowest BCUT2D eigenvalue weighted by Gasteiger charge is -2.41. The molecule has 1 aromatic rings. The third kappa shape index (κ3) is 4.77. The molecular formula is C19H30N2O2. The van der Waals surface area contributed by atoms with Crippen molar-refractivity contribution in [3.05, 3.63) is 35.9 Å². The third-order valence-electron chi connectivity index (χ3n) is 5.17. The van der Waals surface area contributed by atoms with Gasteiger partial charge in [-0.15, -0.1) is 0 Å². The summed E-state index contributed by atoms with van der Waals surface area (Å²) in [6, 6.07) is 11.5. The Kier molecular flexibility index (Phi) is 6.06. The Labute approximate surface area is 140 Å². The number of rotatable bonds is 6. The molecule has 4 nitrogen and oxygen atoms in total. The van der Waals surface area contributed by atoms with Gasteiger partial charge in [-0.05, 0) is 31.5 Å². The molecular weight excluding hydrogens is 288 g/mol. The van der Waals surface area contributed by atoms with Crippen LogP contribution in [-0.4, -0.2) is 62.0 Å². The fourth-order valence-electron chi connectivity index (χ4n) is 3.91. The van der Waals surface area contributed by atoms with Gasteiger partial charge in [0.2, 0.25) is 0 Å². The van der Waals surface area contributed by atoms with Crippen LogP contribution in [0.25, 0.3) is 0 Å². The van der Waals surface area contributed by atoms with Gasteiger partial charge in [-0.25, -0.2) is 0 Å². The molecule has 0 saturated carbocycles. The molecule has 128 valence electrons. The second-order valence-electron chi connectivity index (χ2n) is 6.99. The van der Waals surface area contributed by atoms with Gasteiger partial charge in [-0.3, -0.25) is 4.90 Å². The molecule has 1 aromatic carbocycles. The van der Waals surface area contributed by atoms with E-state index in [1.807, 2.05) is 0 Å². The lowest BCUT2D eigenvalue weighted by Crippen LogP contribution is -2.49. The van der Waals surface area contributed by atoms with E-state index in [0.29, 0.717) is 12.0 Å². The topological polar surface area (TPSA) is 24.9 Å². The highest BCUT2D eigenvalue weighted by Crippen LogP contribution is 2.23. The maximum Gasteiger partial charge on any atom is 0.159 e. The van der Waals surface area contributed by atoms with E-state index in [-0.39, 0.29) is 6.29 Å². The highest BCUT2D eigenvalue weighted by atomic mass is 16.7. The molecule has 2 aliphatic rings. The maximum atomic E-state index is 5.54. The Hall–Kier alpha value is -0.940. The molecule has 0 amide bonds. The van der Waals surface area contributed by atoms with Crippen molar-refractivity contribution in [3.63, 3.8) is 0 Å². The van der Waals surface area contributed by atoms with E-state index < -0.39 is 0 Å². The number of likely N-dealkylation sites (tertiary alicyclic amines) is 1. The minimum atomic E-state index is 0.0194. The molecule has 0 aliphatic carbocycles. The normalized spacial score (nSPS) is 26.9. The SMILES string of the molecule is C[C@@H]1CN(Cc2ccccc2)CC[C@H]1N(C)CCC1OCCO1. The standard InChI is InChI=1S/C19H30N2O2/c1-16-14-21(15-17-6-4-3-5-7-17)11-8-18(16)20(2)10-9-19-22-12-13-23-19/h3-7,16,18-19H,8-15H2,1-2H3/t16-,18-/m1/s1. The van der Waals surface area contributed by atoms with Gasteiger partial charge in [0.25, 0.3) is 0 Å². The monoisotopic (exact) mass is 318 g/mol. The first kappa shape index (κ1) is 16.9. The van der Waals surface area contributed by atoms with Crippen LogP contribution in [0.3, 0.4) is 0 Å². The average Bonchev–Trinajstić information content (AvgIpc) is 3.07. The molecule has 2 aliphatic heterocycles. The zero-order valence-electron chi connectivity index (χ0n) is 14.5. The first-order chi connectivity index (χ1) is 11.2. The minimum Gasteiger partial charge on any atom is -0.350 e. The highest BCUT2D eigenvalue weighted by molar-refractivity contribution is 5.14. The summed E-state index contributed by atoms with van der Waals surface area (Å²) < 4.78 is 11.1. The molecule has 3 rings (SSSR count). The molecule has 0 unspecified atom stereocenters. The molecule has 23 heavy (non-hydrogen) atoms. The van der Waals surface area contributed by atoms with Crippen molar-refractivity contribution >= 4 is 0 Å². The van der Waals surface area contributed by atoms with Crippen molar-refractivity contribution in [2.45, 2.75) is 38.6 Å². The van der Waals surface area contributed by atoms with E-state index >= 15 is 0 Å². The van der Waals surface area contributed by atoms with Crippen molar-refractivity contribution in [3.8, 4) is 0 Å². The van der Waals surface area contributed by atoms with Gasteiger partial charge in [0, 0.05) is 32.1 Å². The first-order valence-corrected chi connectivity index (χ1v) is 8.92. The van der Waals surface area contributed by atoms with Crippen LogP contribution in [0.2, 0.25) is 0 Å². The molecule has 4 heteroatoms. The molecule has 2 fully saturated rings. The fraction of sp³-hybridized carbons (Fsp3) is 0.684. The van der Waals surface area contributed by atoms with Crippen LogP contribution in [0, 0.1) is 5.92 Å². The lowest BCUT2D eigenvalue weighted by molar-refractivity contribution is -0.0547. The number of hydrogen-bond acceptors (Lipinski definition) is 4. The summed E-state index contributed by atoms with van der Waals surface area (Å²) in [7, 11) is 2.25. The number of hydrogen-bond donors (Lipinski definition) is 0. The summed E-state index contributed by atoms with van der Waals surface area (Å²) in [5, 5.41) is 0. The van der Waals surface area contributed by atoms with Crippen LogP contribution in [0.15, 0.2) is 30.3 Å². The lowest BCUT2D eigenvalue weighted by atomic mass is 9.92. The van der Waals surface area contributed by atoms with Gasteiger partial charge in [0.1, 0.15) is 0 Å². The van der Waals surface area contributed by atoms with Crippen LogP contribution in [0.1, 0.15) is 25.3 Å². The zero-order valence-corrected chi connectivity index (χ0v) is 14.5. The molecule has 0 aromatic heterocycles. The van der Waals surface area contributed by atoms with Crippen LogP contribution in [0.4, 0.5) is 0 Å². The van der Waals surface area contributed by atoms with Gasteiger partial charge in [-0.2, -0.15) is 0 Å². The van der Waals surface area contributed by atoms with Gasteiger partial charge in [0.05, 0.1) is 13.2 Å². The third-order valence-corrected chi connectivity index (χ3v) is 5.17. The molecule has 0 spiro atoms. The van der Waals surface area contributed by atoms with Crippen LogP contribution >= 0.6 is 0 Å². The molecule has 2 saturated heterocycles. The Morgan fingerprint density at radius 2 is 1.91 bits per heavy atom. The summed E-state index contributed by atoms with van der Waals surface area (Å²) in [6.07, 6.45) is 2.25. The van der Waals surface area contributed by atoms with Gasteiger partial charge in [-0.1, -0.05) is 37.3 Å². The summed E-state index contributed by atoms with van der Waals surface area (Å²) in [5.74, 6) is 0.697. The van der Waals surface area contributed by atoms with E-state index in [0.717, 1.165) is 32.7 Å². The second-order valence-corrected chi connectivity index (χ2v) is 6.99. The van der Waals surface area contributed by atoms with E-state index in [4.69, 9.17) is 9.47 Å². The first-order valence-electron chi connectivity index (χ1n) is 8.92.